The average molecular weight is 780 g/mol. The minimum absolute atomic E-state index is 0.138. The number of rotatable bonds is 11. The van der Waals surface area contributed by atoms with E-state index in [4.69, 9.17) is 9.72 Å². The minimum Gasteiger partial charge on any atom is -0.447 e. The number of carbonyl (C=O) groups excluding carboxylic acids is 3. The molecule has 12 heteroatoms. The van der Waals surface area contributed by atoms with Crippen LogP contribution < -0.4 is 0 Å². The molecule has 2 aliphatic rings. The van der Waals surface area contributed by atoms with Gasteiger partial charge in [0.25, 0.3) is 5.91 Å². The minimum atomic E-state index is -1.01. The van der Waals surface area contributed by atoms with Crippen molar-refractivity contribution >= 4 is 17.8 Å². The molecule has 0 bridgehead atoms. The summed E-state index contributed by atoms with van der Waals surface area (Å²) in [5.41, 5.74) is 6.75. The molecule has 4 heterocycles. The largest absolute Gasteiger partial charge is 0.447 e. The van der Waals surface area contributed by atoms with Gasteiger partial charge in [0, 0.05) is 31.1 Å². The van der Waals surface area contributed by atoms with E-state index in [1.165, 1.54) is 13.0 Å². The number of hydrogen-bond acceptors (Lipinski definition) is 7. The summed E-state index contributed by atoms with van der Waals surface area (Å²) in [4.78, 5) is 61.3. The van der Waals surface area contributed by atoms with Crippen LogP contribution in [0.15, 0.2) is 116 Å². The third kappa shape index (κ3) is 7.79. The van der Waals surface area contributed by atoms with E-state index in [-0.39, 0.29) is 23.9 Å². The molecule has 0 spiro atoms. The number of amides is 2. The Morgan fingerprint density at radius 3 is 1.67 bits per heavy atom. The Bertz CT molecular complexity index is 2390. The fourth-order valence-electron chi connectivity index (χ4n) is 8.31. The summed E-state index contributed by atoms with van der Waals surface area (Å²) >= 11 is 0. The van der Waals surface area contributed by atoms with Crippen LogP contribution in [0.25, 0.3) is 33.6 Å². The lowest BCUT2D eigenvalue weighted by Crippen LogP contribution is -2.40. The molecule has 1 unspecified atom stereocenters. The number of aromatic amines is 2. The van der Waals surface area contributed by atoms with Gasteiger partial charge in [0.2, 0.25) is 12.0 Å². The van der Waals surface area contributed by atoms with E-state index in [0.717, 1.165) is 65.1 Å². The van der Waals surface area contributed by atoms with E-state index in [2.05, 4.69) is 51.4 Å². The molecule has 2 saturated heterocycles. The maximum Gasteiger partial charge on any atom is 0.303 e. The monoisotopic (exact) mass is 779 g/mol. The Hall–Kier alpha value is -6.40. The highest BCUT2D eigenvalue weighted by molar-refractivity contribution is 5.85. The highest BCUT2D eigenvalue weighted by atomic mass is 19.1. The number of esters is 1. The van der Waals surface area contributed by atoms with Crippen molar-refractivity contribution in [1.29, 1.82) is 0 Å². The van der Waals surface area contributed by atoms with E-state index >= 15 is 0 Å². The zero-order valence-corrected chi connectivity index (χ0v) is 32.8. The SMILES string of the molecule is CC(=O)OC(C(=O)N1CCC[C@H]1c1ncc(-c2ccc(-c3ccc(-c4cnc([C@@H]5CCCN5C(=O)[C@@H](c5ccccc5F)N(C)C)[nH]4)cc3)cc2)[nH]1)c1ccccc1. The quantitative estimate of drug-likeness (QED) is 0.127. The molecular weight excluding hydrogens is 734 g/mol. The van der Waals surface area contributed by atoms with Crippen LogP contribution in [-0.2, 0) is 19.1 Å². The third-order valence-electron chi connectivity index (χ3n) is 11.2. The number of imidazole rings is 2. The molecule has 2 amide bonds. The van der Waals surface area contributed by atoms with Crippen molar-refractivity contribution in [2.24, 2.45) is 0 Å². The van der Waals surface area contributed by atoms with Crippen molar-refractivity contribution in [3.8, 4) is 33.6 Å². The maximum absolute atomic E-state index is 14.8. The molecule has 8 rings (SSSR count). The maximum atomic E-state index is 14.8. The molecule has 4 atom stereocenters. The number of ether oxygens (including phenoxy) is 1. The molecule has 2 fully saturated rings. The van der Waals surface area contributed by atoms with Crippen molar-refractivity contribution in [2.75, 3.05) is 27.2 Å². The van der Waals surface area contributed by atoms with Gasteiger partial charge in [-0.15, -0.1) is 0 Å². The molecule has 2 aromatic heterocycles. The van der Waals surface area contributed by atoms with Gasteiger partial charge in [-0.3, -0.25) is 19.3 Å². The topological polar surface area (TPSA) is 128 Å². The number of benzene rings is 4. The van der Waals surface area contributed by atoms with Gasteiger partial charge in [0.1, 0.15) is 23.5 Å². The van der Waals surface area contributed by atoms with Crippen molar-refractivity contribution in [3.05, 3.63) is 144 Å². The van der Waals surface area contributed by atoms with E-state index in [0.29, 0.717) is 30.0 Å². The number of hydrogen-bond donors (Lipinski definition) is 2. The Kier molecular flexibility index (Phi) is 11.0. The summed E-state index contributed by atoms with van der Waals surface area (Å²) in [6.45, 7) is 2.45. The molecule has 0 saturated carbocycles. The first-order valence-electron chi connectivity index (χ1n) is 19.7. The van der Waals surface area contributed by atoms with Gasteiger partial charge < -0.3 is 24.5 Å². The van der Waals surface area contributed by atoms with Gasteiger partial charge in [-0.2, -0.15) is 0 Å². The number of carbonyl (C=O) groups is 3. The Labute approximate surface area is 336 Å². The van der Waals surface area contributed by atoms with Gasteiger partial charge in [-0.25, -0.2) is 14.4 Å². The predicted octanol–water partition coefficient (Wildman–Crippen LogP) is 8.21. The standard InChI is InChI=1S/C46H46FN7O4/c1-29(55)58-42(34-11-5-4-6-12-34)46(57)54-26-10-16-40(54)44-49-28-38(51-44)33-23-19-31(20-24-33)30-17-21-32(22-18-30)37-27-48-43(50-37)39-15-9-25-53(39)45(56)41(52(2)3)35-13-7-8-14-36(35)47/h4-8,11-14,17-24,27-28,39-42H,9-10,15-16,25-26H2,1-3H3,(H,48,50)(H,49,51)/t39-,40-,41+,42?/m0/s1. The zero-order valence-electron chi connectivity index (χ0n) is 32.8. The molecule has 0 aliphatic carbocycles. The smallest absolute Gasteiger partial charge is 0.303 e. The van der Waals surface area contributed by atoms with Gasteiger partial charge in [0.15, 0.2) is 0 Å². The van der Waals surface area contributed by atoms with E-state index in [9.17, 15) is 18.8 Å². The first kappa shape index (κ1) is 38.5. The summed E-state index contributed by atoms with van der Waals surface area (Å²) in [7, 11) is 3.60. The van der Waals surface area contributed by atoms with Crippen LogP contribution >= 0.6 is 0 Å². The number of likely N-dealkylation sites (N-methyl/N-ethyl adjacent to an activating group) is 1. The second kappa shape index (κ2) is 16.6. The molecule has 2 aliphatic heterocycles. The Morgan fingerprint density at radius 1 is 0.690 bits per heavy atom. The second-order valence-electron chi connectivity index (χ2n) is 15.2. The van der Waals surface area contributed by atoms with Gasteiger partial charge in [-0.05, 0) is 68.1 Å². The number of nitrogens with zero attached hydrogens (tertiary/aromatic N) is 5. The zero-order chi connectivity index (χ0) is 40.3. The van der Waals surface area contributed by atoms with Crippen molar-refractivity contribution in [3.63, 3.8) is 0 Å². The van der Waals surface area contributed by atoms with Crippen LogP contribution in [0.4, 0.5) is 4.39 Å². The highest BCUT2D eigenvalue weighted by Gasteiger charge is 2.39. The average Bonchev–Trinajstić information content (AvgIpc) is 4.08. The van der Waals surface area contributed by atoms with Crippen LogP contribution in [0.1, 0.15) is 79.6 Å². The number of H-pyrrole nitrogens is 2. The van der Waals surface area contributed by atoms with Crippen LogP contribution in [0.2, 0.25) is 0 Å². The summed E-state index contributed by atoms with van der Waals surface area (Å²) in [6.07, 6.45) is 5.78. The van der Waals surface area contributed by atoms with Crippen molar-refractivity contribution < 1.29 is 23.5 Å². The summed E-state index contributed by atoms with van der Waals surface area (Å²) < 4.78 is 20.3. The van der Waals surface area contributed by atoms with Crippen LogP contribution in [0, 0.1) is 5.82 Å². The summed E-state index contributed by atoms with van der Waals surface area (Å²) in [5.74, 6) is 0.125. The predicted molar refractivity (Wildman–Crippen MR) is 218 cm³/mol. The number of likely N-dealkylation sites (tertiary alicyclic amines) is 2. The lowest BCUT2D eigenvalue weighted by atomic mass is 10.0. The fourth-order valence-corrected chi connectivity index (χ4v) is 8.31. The van der Waals surface area contributed by atoms with Crippen LogP contribution in [-0.4, -0.2) is 79.6 Å². The molecule has 58 heavy (non-hydrogen) atoms. The van der Waals surface area contributed by atoms with Crippen molar-refractivity contribution in [2.45, 2.75) is 56.8 Å². The Balaban J connectivity index is 0.932. The van der Waals surface area contributed by atoms with Gasteiger partial charge >= 0.3 is 5.97 Å². The van der Waals surface area contributed by atoms with E-state index < -0.39 is 23.9 Å². The van der Waals surface area contributed by atoms with Crippen LogP contribution in [0.5, 0.6) is 0 Å². The van der Waals surface area contributed by atoms with E-state index in [1.807, 2.05) is 35.2 Å². The fraction of sp³-hybridized carbons (Fsp3) is 0.283. The molecular formula is C46H46FN7O4. The third-order valence-corrected chi connectivity index (χ3v) is 11.2. The first-order chi connectivity index (χ1) is 28.2. The molecule has 4 aromatic carbocycles. The summed E-state index contributed by atoms with van der Waals surface area (Å²) in [6, 6.07) is 30.8. The number of nitrogens with one attached hydrogen (secondary N) is 2. The molecule has 296 valence electrons. The van der Waals surface area contributed by atoms with Gasteiger partial charge in [0.05, 0.1) is 35.9 Å². The number of halogens is 1. The molecule has 0 radical (unpaired) electrons. The normalized spacial score (nSPS) is 17.7. The molecule has 6 aromatic rings. The van der Waals surface area contributed by atoms with Crippen LogP contribution in [0.3, 0.4) is 0 Å². The molecule has 11 nitrogen and oxygen atoms in total. The highest BCUT2D eigenvalue weighted by Crippen LogP contribution is 2.37. The lowest BCUT2D eigenvalue weighted by molar-refractivity contribution is -0.159. The van der Waals surface area contributed by atoms with E-state index in [1.54, 1.807) is 66.6 Å². The Morgan fingerprint density at radius 2 is 1.17 bits per heavy atom. The van der Waals surface area contributed by atoms with Crippen molar-refractivity contribution in [1.82, 2.24) is 34.6 Å². The van der Waals surface area contributed by atoms with Gasteiger partial charge in [-0.1, -0.05) is 97.1 Å². The first-order valence-corrected chi connectivity index (χ1v) is 19.7. The molecule has 2 N–H and O–H groups in total. The number of aromatic nitrogens is 4. The second-order valence-corrected chi connectivity index (χ2v) is 15.2. The lowest BCUT2D eigenvalue weighted by Gasteiger charge is -2.31. The summed E-state index contributed by atoms with van der Waals surface area (Å²) in [5, 5.41) is 0.